The van der Waals surface area contributed by atoms with E-state index in [9.17, 15) is 14.4 Å². The molecule has 2 heterocycles. The Balaban J connectivity index is 1.56. The number of amides is 1. The largest absolute Gasteiger partial charge is 0.486 e. The lowest BCUT2D eigenvalue weighted by Crippen LogP contribution is -2.43. The van der Waals surface area contributed by atoms with Crippen molar-refractivity contribution >= 4 is 23.0 Å². The zero-order valence-electron chi connectivity index (χ0n) is 20.2. The Bertz CT molecular complexity index is 1350. The molecule has 9 nitrogen and oxygen atoms in total. The molecule has 0 radical (unpaired) electrons. The first-order chi connectivity index (χ1) is 16.5. The molecular formula is C26H27NO8. The summed E-state index contributed by atoms with van der Waals surface area (Å²) in [5.41, 5.74) is 0.416. The lowest BCUT2D eigenvalue weighted by Gasteiger charge is -2.21. The molecule has 35 heavy (non-hydrogen) atoms. The van der Waals surface area contributed by atoms with Crippen molar-refractivity contribution in [3.63, 3.8) is 0 Å². The summed E-state index contributed by atoms with van der Waals surface area (Å²) in [4.78, 5) is 37.6. The van der Waals surface area contributed by atoms with E-state index in [2.05, 4.69) is 5.32 Å². The Labute approximate surface area is 201 Å². The molecule has 1 aliphatic rings. The van der Waals surface area contributed by atoms with Gasteiger partial charge in [0.1, 0.15) is 41.9 Å². The molecule has 4 rings (SSSR count). The summed E-state index contributed by atoms with van der Waals surface area (Å²) < 4.78 is 27.6. The van der Waals surface area contributed by atoms with Gasteiger partial charge in [-0.15, -0.1) is 0 Å². The van der Waals surface area contributed by atoms with E-state index in [4.69, 9.17) is 23.4 Å². The number of ether oxygens (including phenoxy) is 4. The van der Waals surface area contributed by atoms with Gasteiger partial charge in [-0.05, 0) is 64.4 Å². The molecule has 0 saturated carbocycles. The van der Waals surface area contributed by atoms with Crippen molar-refractivity contribution in [1.29, 1.82) is 0 Å². The molecule has 1 amide bonds. The third kappa shape index (κ3) is 5.40. The fourth-order valence-electron chi connectivity index (χ4n) is 3.63. The van der Waals surface area contributed by atoms with Crippen LogP contribution >= 0.6 is 0 Å². The summed E-state index contributed by atoms with van der Waals surface area (Å²) in [6, 6.07) is 8.86. The molecule has 184 valence electrons. The molecule has 0 spiro atoms. The zero-order chi connectivity index (χ0) is 25.3. The van der Waals surface area contributed by atoms with Crippen LogP contribution in [0.4, 0.5) is 4.79 Å². The van der Waals surface area contributed by atoms with Gasteiger partial charge in [0.15, 0.2) is 11.5 Å². The first-order valence-corrected chi connectivity index (χ1v) is 11.2. The quantitative estimate of drug-likeness (QED) is 0.432. The van der Waals surface area contributed by atoms with Crippen molar-refractivity contribution in [2.24, 2.45) is 0 Å². The van der Waals surface area contributed by atoms with Crippen molar-refractivity contribution in [3.8, 4) is 28.4 Å². The number of aryl methyl sites for hydroxylation is 1. The molecule has 3 aromatic rings. The number of benzene rings is 2. The summed E-state index contributed by atoms with van der Waals surface area (Å²) in [7, 11) is 0. The van der Waals surface area contributed by atoms with Crippen molar-refractivity contribution < 1.29 is 33.0 Å². The number of carbonyl (C=O) groups excluding carboxylic acids is 2. The highest BCUT2D eigenvalue weighted by molar-refractivity contribution is 5.86. The van der Waals surface area contributed by atoms with Gasteiger partial charge in [0, 0.05) is 6.07 Å². The van der Waals surface area contributed by atoms with E-state index in [1.807, 2.05) is 0 Å². The summed E-state index contributed by atoms with van der Waals surface area (Å²) >= 11 is 0. The number of fused-ring (bicyclic) bond motifs is 2. The predicted molar refractivity (Wildman–Crippen MR) is 128 cm³/mol. The van der Waals surface area contributed by atoms with Crippen molar-refractivity contribution in [2.75, 3.05) is 13.2 Å². The van der Waals surface area contributed by atoms with E-state index >= 15 is 0 Å². The molecule has 1 N–H and O–H groups in total. The van der Waals surface area contributed by atoms with Gasteiger partial charge in [0.05, 0.1) is 10.9 Å². The molecular weight excluding hydrogens is 454 g/mol. The number of rotatable bonds is 4. The van der Waals surface area contributed by atoms with Gasteiger partial charge in [0.25, 0.3) is 0 Å². The van der Waals surface area contributed by atoms with Gasteiger partial charge in [-0.3, -0.25) is 4.79 Å². The van der Waals surface area contributed by atoms with Gasteiger partial charge in [0.2, 0.25) is 5.43 Å². The number of alkyl carbamates (subject to hydrolysis) is 1. The van der Waals surface area contributed by atoms with Crippen molar-refractivity contribution in [1.82, 2.24) is 5.32 Å². The highest BCUT2D eigenvalue weighted by Crippen LogP contribution is 2.35. The minimum atomic E-state index is -0.952. The fourth-order valence-corrected chi connectivity index (χ4v) is 3.63. The van der Waals surface area contributed by atoms with Gasteiger partial charge >= 0.3 is 12.1 Å². The fraction of sp³-hybridized carbons (Fsp3) is 0.346. The van der Waals surface area contributed by atoms with Crippen LogP contribution in [-0.4, -0.2) is 36.9 Å². The molecule has 0 aliphatic carbocycles. The van der Waals surface area contributed by atoms with Gasteiger partial charge in [-0.2, -0.15) is 0 Å². The molecule has 1 aromatic heterocycles. The third-order valence-corrected chi connectivity index (χ3v) is 5.18. The average molecular weight is 482 g/mol. The zero-order valence-corrected chi connectivity index (χ0v) is 20.2. The first kappa shape index (κ1) is 24.1. The second-order valence-corrected chi connectivity index (χ2v) is 9.17. The first-order valence-electron chi connectivity index (χ1n) is 11.2. The molecule has 1 aliphatic heterocycles. The van der Waals surface area contributed by atoms with Crippen LogP contribution in [0.3, 0.4) is 0 Å². The molecule has 2 aromatic carbocycles. The van der Waals surface area contributed by atoms with Crippen LogP contribution in [0.25, 0.3) is 22.1 Å². The maximum Gasteiger partial charge on any atom is 0.408 e. The minimum Gasteiger partial charge on any atom is -0.486 e. The Morgan fingerprint density at radius 1 is 1.03 bits per heavy atom. The van der Waals surface area contributed by atoms with Gasteiger partial charge in [-0.25, -0.2) is 9.59 Å². The Hall–Kier alpha value is -4.01. The average Bonchev–Trinajstić information content (AvgIpc) is 2.77. The molecule has 0 saturated heterocycles. The van der Waals surface area contributed by atoms with E-state index in [1.165, 1.54) is 25.1 Å². The van der Waals surface area contributed by atoms with Crippen LogP contribution < -0.4 is 25.0 Å². The summed E-state index contributed by atoms with van der Waals surface area (Å²) in [5, 5.41) is 2.76. The maximum atomic E-state index is 13.3. The number of hydrogen-bond donors (Lipinski definition) is 1. The Morgan fingerprint density at radius 2 is 1.74 bits per heavy atom. The monoisotopic (exact) mass is 481 g/mol. The Morgan fingerprint density at radius 3 is 2.46 bits per heavy atom. The van der Waals surface area contributed by atoms with Crippen LogP contribution in [0.5, 0.6) is 17.2 Å². The van der Waals surface area contributed by atoms with Gasteiger partial charge in [-0.1, -0.05) is 6.07 Å². The molecule has 0 unspecified atom stereocenters. The number of carbonyl (C=O) groups is 2. The summed E-state index contributed by atoms with van der Waals surface area (Å²) in [6.45, 7) is 9.26. The van der Waals surface area contributed by atoms with E-state index in [0.29, 0.717) is 47.0 Å². The lowest BCUT2D eigenvalue weighted by atomic mass is 10.0. The summed E-state index contributed by atoms with van der Waals surface area (Å²) in [5.74, 6) is 1.09. The Kier molecular flexibility index (Phi) is 6.43. The predicted octanol–water partition coefficient (Wildman–Crippen LogP) is 4.36. The van der Waals surface area contributed by atoms with E-state index < -0.39 is 23.7 Å². The second kappa shape index (κ2) is 9.32. The molecule has 9 heteroatoms. The van der Waals surface area contributed by atoms with Crippen LogP contribution in [0, 0.1) is 6.92 Å². The van der Waals surface area contributed by atoms with E-state index in [0.717, 1.165) is 0 Å². The lowest BCUT2D eigenvalue weighted by molar-refractivity contribution is -0.136. The minimum absolute atomic E-state index is 0.176. The highest BCUT2D eigenvalue weighted by Gasteiger charge is 2.23. The van der Waals surface area contributed by atoms with Crippen LogP contribution in [0.2, 0.25) is 0 Å². The van der Waals surface area contributed by atoms with Crippen molar-refractivity contribution in [3.05, 3.63) is 52.4 Å². The highest BCUT2D eigenvalue weighted by atomic mass is 16.6. The van der Waals surface area contributed by atoms with E-state index in [1.54, 1.807) is 45.9 Å². The van der Waals surface area contributed by atoms with Crippen LogP contribution in [-0.2, 0) is 9.53 Å². The second-order valence-electron chi connectivity index (χ2n) is 9.17. The van der Waals surface area contributed by atoms with Crippen LogP contribution in [0.15, 0.2) is 45.6 Å². The standard InChI is InChI=1S/C26H27NO8/c1-14(27-25(30)35-26(3,4)5)24(29)34-17-7-8-18-20(13-17)33-15(2)22(23(18)28)16-6-9-19-21(12-16)32-11-10-31-19/h6-9,12-14H,10-11H2,1-5H3,(H,27,30)/t14-/m0/s1. The van der Waals surface area contributed by atoms with Gasteiger partial charge < -0.3 is 28.7 Å². The SMILES string of the molecule is Cc1oc2cc(OC(=O)[C@H](C)NC(=O)OC(C)(C)C)ccc2c(=O)c1-c1ccc2c(c1)OCCO2. The number of hydrogen-bond acceptors (Lipinski definition) is 8. The third-order valence-electron chi connectivity index (χ3n) is 5.18. The smallest absolute Gasteiger partial charge is 0.408 e. The molecule has 0 bridgehead atoms. The topological polar surface area (TPSA) is 113 Å². The number of esters is 1. The maximum absolute atomic E-state index is 13.3. The van der Waals surface area contributed by atoms with Crippen molar-refractivity contribution in [2.45, 2.75) is 46.3 Å². The normalized spacial score (nSPS) is 13.7. The molecule has 0 fully saturated rings. The molecule has 1 atom stereocenters. The van der Waals surface area contributed by atoms with Crippen LogP contribution in [0.1, 0.15) is 33.5 Å². The van der Waals surface area contributed by atoms with E-state index in [-0.39, 0.29) is 16.8 Å². The number of nitrogens with one attached hydrogen (secondary N) is 1. The summed E-state index contributed by atoms with van der Waals surface area (Å²) in [6.07, 6.45) is -0.728.